The van der Waals surface area contributed by atoms with Gasteiger partial charge in [-0.05, 0) is 54.8 Å². The fourth-order valence-electron chi connectivity index (χ4n) is 4.07. The molecule has 0 saturated heterocycles. The lowest BCUT2D eigenvalue weighted by molar-refractivity contribution is 0.0954. The van der Waals surface area contributed by atoms with Crippen molar-refractivity contribution >= 4 is 16.9 Å². The Labute approximate surface area is 206 Å². The number of methoxy groups -OCH3 is 1. The molecule has 1 N–H and O–H groups in total. The van der Waals surface area contributed by atoms with E-state index >= 15 is 0 Å². The first kappa shape index (κ1) is 24.1. The first-order chi connectivity index (χ1) is 17.2. The van der Waals surface area contributed by atoms with Crippen LogP contribution in [0.3, 0.4) is 0 Å². The molecule has 1 heterocycles. The number of nitrogens with zero attached hydrogens (tertiary/aromatic N) is 2. The summed E-state index contributed by atoms with van der Waals surface area (Å²) in [6.45, 7) is 5.62. The molecule has 0 aliphatic rings. The van der Waals surface area contributed by atoms with Gasteiger partial charge in [0, 0.05) is 25.1 Å². The van der Waals surface area contributed by atoms with Crippen molar-refractivity contribution in [2.45, 2.75) is 25.8 Å². The van der Waals surface area contributed by atoms with Crippen molar-refractivity contribution in [1.82, 2.24) is 14.9 Å². The van der Waals surface area contributed by atoms with Crippen LogP contribution in [0.4, 0.5) is 0 Å². The molecule has 0 fully saturated rings. The second-order valence-electron chi connectivity index (χ2n) is 8.22. The van der Waals surface area contributed by atoms with Crippen LogP contribution in [-0.4, -0.2) is 35.7 Å². The number of imidazole rings is 1. The van der Waals surface area contributed by atoms with Crippen molar-refractivity contribution in [1.29, 1.82) is 0 Å². The topological polar surface area (TPSA) is 65.4 Å². The predicted octanol–water partition coefficient (Wildman–Crippen LogP) is 5.22. The number of hydrogen-bond donors (Lipinski definition) is 1. The van der Waals surface area contributed by atoms with Gasteiger partial charge in [-0.2, -0.15) is 0 Å². The lowest BCUT2D eigenvalue weighted by atomic mass is 10.1. The molecule has 4 aromatic rings. The van der Waals surface area contributed by atoms with Crippen LogP contribution >= 0.6 is 0 Å². The van der Waals surface area contributed by atoms with E-state index in [-0.39, 0.29) is 5.91 Å². The van der Waals surface area contributed by atoms with Crippen LogP contribution in [0.2, 0.25) is 0 Å². The molecule has 1 aromatic heterocycles. The number of carbonyl (C=O) groups excluding carboxylic acids is 1. The number of amides is 1. The maximum Gasteiger partial charge on any atom is 0.251 e. The largest absolute Gasteiger partial charge is 0.493 e. The third kappa shape index (κ3) is 6.09. The number of ether oxygens (including phenoxy) is 2. The van der Waals surface area contributed by atoms with Crippen molar-refractivity contribution in [3.63, 3.8) is 0 Å². The second-order valence-corrected chi connectivity index (χ2v) is 8.22. The standard InChI is InChI=1S/C29H31N3O3/c1-3-10-22-15-16-26(27(21-22)34-2)35-20-9-19-32-25-14-8-7-13-24(25)31-28(32)17-18-30-29(33)23-11-5-4-6-12-23/h3-8,11-16,21H,1,9-10,17-20H2,2H3,(H,30,33). The normalized spacial score (nSPS) is 10.8. The summed E-state index contributed by atoms with van der Waals surface area (Å²) in [4.78, 5) is 17.2. The number of para-hydroxylation sites is 2. The third-order valence-corrected chi connectivity index (χ3v) is 5.80. The molecule has 35 heavy (non-hydrogen) atoms. The third-order valence-electron chi connectivity index (χ3n) is 5.80. The fraction of sp³-hybridized carbons (Fsp3) is 0.241. The maximum atomic E-state index is 12.4. The molecule has 0 aliphatic heterocycles. The molecule has 0 aliphatic carbocycles. The zero-order valence-electron chi connectivity index (χ0n) is 20.1. The Hall–Kier alpha value is -4.06. The van der Waals surface area contributed by atoms with E-state index in [0.29, 0.717) is 25.1 Å². The molecule has 0 bridgehead atoms. The van der Waals surface area contributed by atoms with Gasteiger partial charge >= 0.3 is 0 Å². The van der Waals surface area contributed by atoms with Crippen LogP contribution in [0.5, 0.6) is 11.5 Å². The molecule has 0 saturated carbocycles. The lowest BCUT2D eigenvalue weighted by Gasteiger charge is -2.13. The SMILES string of the molecule is C=CCc1ccc(OCCCn2c(CCNC(=O)c3ccccc3)nc3ccccc32)c(OC)c1. The number of aryl methyl sites for hydroxylation is 1. The van der Waals surface area contributed by atoms with Crippen molar-refractivity contribution < 1.29 is 14.3 Å². The Morgan fingerprint density at radius 3 is 2.66 bits per heavy atom. The van der Waals surface area contributed by atoms with Gasteiger partial charge in [0.15, 0.2) is 11.5 Å². The minimum atomic E-state index is -0.0743. The van der Waals surface area contributed by atoms with Crippen LogP contribution in [0.15, 0.2) is 85.5 Å². The monoisotopic (exact) mass is 469 g/mol. The molecule has 0 unspecified atom stereocenters. The summed E-state index contributed by atoms with van der Waals surface area (Å²) in [5.74, 6) is 2.34. The van der Waals surface area contributed by atoms with Gasteiger partial charge in [-0.3, -0.25) is 4.79 Å². The highest BCUT2D eigenvalue weighted by molar-refractivity contribution is 5.94. The number of nitrogens with one attached hydrogen (secondary N) is 1. The van der Waals surface area contributed by atoms with Gasteiger partial charge in [0.25, 0.3) is 5.91 Å². The van der Waals surface area contributed by atoms with E-state index in [1.165, 1.54) is 0 Å². The number of carbonyl (C=O) groups is 1. The minimum Gasteiger partial charge on any atom is -0.493 e. The van der Waals surface area contributed by atoms with Gasteiger partial charge in [0.2, 0.25) is 0 Å². The Morgan fingerprint density at radius 1 is 1.06 bits per heavy atom. The number of benzene rings is 3. The van der Waals surface area contributed by atoms with Gasteiger partial charge < -0.3 is 19.4 Å². The first-order valence-electron chi connectivity index (χ1n) is 11.9. The molecule has 0 spiro atoms. The molecule has 4 rings (SSSR count). The zero-order valence-corrected chi connectivity index (χ0v) is 20.1. The van der Waals surface area contributed by atoms with E-state index in [2.05, 4.69) is 22.5 Å². The minimum absolute atomic E-state index is 0.0743. The van der Waals surface area contributed by atoms with Gasteiger partial charge in [-0.15, -0.1) is 6.58 Å². The molecule has 6 nitrogen and oxygen atoms in total. The van der Waals surface area contributed by atoms with E-state index in [4.69, 9.17) is 14.5 Å². The molecule has 0 radical (unpaired) electrons. The van der Waals surface area contributed by atoms with Crippen LogP contribution in [0.1, 0.15) is 28.2 Å². The highest BCUT2D eigenvalue weighted by Crippen LogP contribution is 2.28. The quantitative estimate of drug-likeness (QED) is 0.228. The van der Waals surface area contributed by atoms with Gasteiger partial charge in [0.05, 0.1) is 24.8 Å². The van der Waals surface area contributed by atoms with Gasteiger partial charge in [-0.25, -0.2) is 4.98 Å². The Bertz CT molecular complexity index is 1280. The summed E-state index contributed by atoms with van der Waals surface area (Å²) in [7, 11) is 1.65. The molecule has 0 atom stereocenters. The maximum absolute atomic E-state index is 12.4. The molecule has 1 amide bonds. The summed E-state index contributed by atoms with van der Waals surface area (Å²) < 4.78 is 13.8. The van der Waals surface area contributed by atoms with E-state index in [1.807, 2.05) is 72.8 Å². The van der Waals surface area contributed by atoms with Crippen LogP contribution in [-0.2, 0) is 19.4 Å². The molecular weight excluding hydrogens is 438 g/mol. The summed E-state index contributed by atoms with van der Waals surface area (Å²) in [5.41, 5.74) is 3.84. The highest BCUT2D eigenvalue weighted by atomic mass is 16.5. The average molecular weight is 470 g/mol. The van der Waals surface area contributed by atoms with Gasteiger partial charge in [0.1, 0.15) is 5.82 Å². The van der Waals surface area contributed by atoms with E-state index in [1.54, 1.807) is 7.11 Å². The molecule has 180 valence electrons. The fourth-order valence-corrected chi connectivity index (χ4v) is 4.07. The highest BCUT2D eigenvalue weighted by Gasteiger charge is 2.12. The summed E-state index contributed by atoms with van der Waals surface area (Å²) in [5, 5.41) is 3.00. The van der Waals surface area contributed by atoms with Crippen molar-refractivity contribution in [3.05, 3.63) is 102 Å². The smallest absolute Gasteiger partial charge is 0.251 e. The van der Waals surface area contributed by atoms with Crippen LogP contribution < -0.4 is 14.8 Å². The van der Waals surface area contributed by atoms with E-state index in [0.717, 1.165) is 53.3 Å². The van der Waals surface area contributed by atoms with E-state index in [9.17, 15) is 4.79 Å². The number of aromatic nitrogens is 2. The Balaban J connectivity index is 1.37. The van der Waals surface area contributed by atoms with Crippen LogP contribution in [0.25, 0.3) is 11.0 Å². The lowest BCUT2D eigenvalue weighted by Crippen LogP contribution is -2.26. The number of rotatable bonds is 12. The predicted molar refractivity (Wildman–Crippen MR) is 139 cm³/mol. The van der Waals surface area contributed by atoms with Gasteiger partial charge in [-0.1, -0.05) is 42.5 Å². The molecule has 3 aromatic carbocycles. The second kappa shape index (κ2) is 11.9. The summed E-state index contributed by atoms with van der Waals surface area (Å²) in [6.07, 6.45) is 4.11. The van der Waals surface area contributed by atoms with Crippen LogP contribution in [0, 0.1) is 0 Å². The Morgan fingerprint density at radius 2 is 1.86 bits per heavy atom. The van der Waals surface area contributed by atoms with E-state index < -0.39 is 0 Å². The zero-order chi connectivity index (χ0) is 24.5. The van der Waals surface area contributed by atoms with Crippen molar-refractivity contribution in [2.24, 2.45) is 0 Å². The average Bonchev–Trinajstić information content (AvgIpc) is 3.25. The first-order valence-corrected chi connectivity index (χ1v) is 11.9. The van der Waals surface area contributed by atoms with Crippen molar-refractivity contribution in [2.75, 3.05) is 20.3 Å². The number of allylic oxidation sites excluding steroid dienone is 1. The molecule has 6 heteroatoms. The summed E-state index contributed by atoms with van der Waals surface area (Å²) >= 11 is 0. The molecular formula is C29H31N3O3. The van der Waals surface area contributed by atoms with Crippen molar-refractivity contribution in [3.8, 4) is 11.5 Å². The summed E-state index contributed by atoms with van der Waals surface area (Å²) in [6, 6.07) is 23.3. The number of hydrogen-bond acceptors (Lipinski definition) is 4. The Kier molecular flexibility index (Phi) is 8.17. The number of fused-ring (bicyclic) bond motifs is 1.